The van der Waals surface area contributed by atoms with Crippen molar-refractivity contribution in [3.8, 4) is 0 Å². The number of nitrogens with one attached hydrogen (secondary N) is 1. The maximum absolute atomic E-state index is 11.7. The van der Waals surface area contributed by atoms with Gasteiger partial charge >= 0.3 is 0 Å². The summed E-state index contributed by atoms with van der Waals surface area (Å²) in [6.45, 7) is 6.19. The highest BCUT2D eigenvalue weighted by atomic mass is 16.5. The van der Waals surface area contributed by atoms with Crippen molar-refractivity contribution in [3.05, 3.63) is 27.4 Å². The van der Waals surface area contributed by atoms with Crippen LogP contribution in [0.3, 0.4) is 0 Å². The van der Waals surface area contributed by atoms with E-state index >= 15 is 0 Å². The molecule has 2 heterocycles. The summed E-state index contributed by atoms with van der Waals surface area (Å²) in [7, 11) is 0. The topological polar surface area (TPSA) is 55.0 Å². The molecule has 0 saturated carbocycles. The zero-order chi connectivity index (χ0) is 10.3. The molecule has 0 spiro atoms. The third-order valence-electron chi connectivity index (χ3n) is 2.55. The fourth-order valence-corrected chi connectivity index (χ4v) is 1.79. The lowest BCUT2D eigenvalue weighted by Gasteiger charge is -2.16. The Morgan fingerprint density at radius 2 is 2.29 bits per heavy atom. The number of aryl methyl sites for hydroxylation is 1. The first kappa shape index (κ1) is 9.40. The zero-order valence-corrected chi connectivity index (χ0v) is 8.68. The van der Waals surface area contributed by atoms with Crippen molar-refractivity contribution in [2.75, 3.05) is 0 Å². The van der Waals surface area contributed by atoms with Crippen molar-refractivity contribution in [3.63, 3.8) is 0 Å². The van der Waals surface area contributed by atoms with Crippen molar-refractivity contribution < 1.29 is 4.74 Å². The minimum Gasteiger partial charge on any atom is -0.364 e. The second-order valence-corrected chi connectivity index (χ2v) is 3.99. The van der Waals surface area contributed by atoms with Crippen LogP contribution in [0, 0.1) is 0 Å². The van der Waals surface area contributed by atoms with Gasteiger partial charge in [0.05, 0.1) is 23.5 Å². The first-order valence-corrected chi connectivity index (χ1v) is 4.81. The average Bonchev–Trinajstić information content (AvgIpc) is 2.42. The molecule has 0 fully saturated rings. The number of H-pyrrole nitrogens is 1. The number of aromatic amines is 1. The average molecular weight is 194 g/mol. The minimum atomic E-state index is -0.498. The molecule has 0 radical (unpaired) electrons. The van der Waals surface area contributed by atoms with Crippen LogP contribution in [0.5, 0.6) is 0 Å². The number of rotatable bonds is 1. The van der Waals surface area contributed by atoms with Gasteiger partial charge in [0.2, 0.25) is 0 Å². The van der Waals surface area contributed by atoms with Crippen molar-refractivity contribution in [1.82, 2.24) is 9.97 Å². The standard InChI is InChI=1S/C10H14N2O2/c1-4-7-11-6-5-14-10(2,3)8(6)9(13)12-7/h4-5H2,1-3H3,(H,11,12,13). The van der Waals surface area contributed by atoms with E-state index in [-0.39, 0.29) is 5.56 Å². The van der Waals surface area contributed by atoms with Gasteiger partial charge in [-0.2, -0.15) is 0 Å². The fraction of sp³-hybridized carbons (Fsp3) is 0.600. The summed E-state index contributed by atoms with van der Waals surface area (Å²) in [6, 6.07) is 0. The highest BCUT2D eigenvalue weighted by Crippen LogP contribution is 2.31. The summed E-state index contributed by atoms with van der Waals surface area (Å²) in [4.78, 5) is 18.8. The molecule has 14 heavy (non-hydrogen) atoms. The lowest BCUT2D eigenvalue weighted by Crippen LogP contribution is -2.26. The highest BCUT2D eigenvalue weighted by Gasteiger charge is 2.35. The Morgan fingerprint density at radius 1 is 1.57 bits per heavy atom. The van der Waals surface area contributed by atoms with Gasteiger partial charge in [0.1, 0.15) is 5.82 Å². The Kier molecular flexibility index (Phi) is 1.96. The van der Waals surface area contributed by atoms with Gasteiger partial charge in [-0.1, -0.05) is 6.92 Å². The molecule has 1 aliphatic rings. The van der Waals surface area contributed by atoms with E-state index < -0.39 is 5.60 Å². The van der Waals surface area contributed by atoms with Crippen LogP contribution in [0.2, 0.25) is 0 Å². The summed E-state index contributed by atoms with van der Waals surface area (Å²) in [6.07, 6.45) is 0.739. The van der Waals surface area contributed by atoms with Gasteiger partial charge < -0.3 is 9.72 Å². The van der Waals surface area contributed by atoms with E-state index in [0.29, 0.717) is 12.2 Å². The second kappa shape index (κ2) is 2.92. The first-order valence-electron chi connectivity index (χ1n) is 4.81. The maximum Gasteiger partial charge on any atom is 0.257 e. The SMILES string of the molecule is CCc1nc2c(c(=O)[nH]1)C(C)(C)OC2. The van der Waals surface area contributed by atoms with Gasteiger partial charge in [0.25, 0.3) is 5.56 Å². The number of hydrogen-bond acceptors (Lipinski definition) is 3. The Bertz CT molecular complexity index is 421. The van der Waals surface area contributed by atoms with E-state index in [1.165, 1.54) is 0 Å². The summed E-state index contributed by atoms with van der Waals surface area (Å²) in [5.41, 5.74) is 0.905. The molecule has 0 aromatic carbocycles. The number of aromatic nitrogens is 2. The zero-order valence-electron chi connectivity index (χ0n) is 8.68. The summed E-state index contributed by atoms with van der Waals surface area (Å²) in [5, 5.41) is 0. The van der Waals surface area contributed by atoms with E-state index in [2.05, 4.69) is 9.97 Å². The summed E-state index contributed by atoms with van der Waals surface area (Å²) >= 11 is 0. The molecule has 76 valence electrons. The summed E-state index contributed by atoms with van der Waals surface area (Å²) < 4.78 is 5.51. The van der Waals surface area contributed by atoms with Crippen LogP contribution >= 0.6 is 0 Å². The third kappa shape index (κ3) is 1.26. The molecule has 0 unspecified atom stereocenters. The first-order chi connectivity index (χ1) is 6.54. The monoisotopic (exact) mass is 194 g/mol. The molecule has 0 saturated heterocycles. The van der Waals surface area contributed by atoms with Gasteiger partial charge in [0, 0.05) is 6.42 Å². The Labute approximate surface area is 82.3 Å². The van der Waals surface area contributed by atoms with Crippen LogP contribution in [0.1, 0.15) is 37.9 Å². The molecule has 4 heteroatoms. The minimum absolute atomic E-state index is 0.0608. The molecule has 1 aliphatic heterocycles. The highest BCUT2D eigenvalue weighted by molar-refractivity contribution is 5.27. The van der Waals surface area contributed by atoms with Crippen LogP contribution in [-0.4, -0.2) is 9.97 Å². The van der Waals surface area contributed by atoms with E-state index in [1.807, 2.05) is 20.8 Å². The van der Waals surface area contributed by atoms with Crippen molar-refractivity contribution in [2.45, 2.75) is 39.4 Å². The van der Waals surface area contributed by atoms with Crippen LogP contribution < -0.4 is 5.56 Å². The van der Waals surface area contributed by atoms with Crippen LogP contribution in [-0.2, 0) is 23.4 Å². The third-order valence-corrected chi connectivity index (χ3v) is 2.55. The number of ether oxygens (including phenoxy) is 1. The molecule has 2 rings (SSSR count). The van der Waals surface area contributed by atoms with Gasteiger partial charge in [-0.15, -0.1) is 0 Å². The van der Waals surface area contributed by atoms with Crippen LogP contribution in [0.25, 0.3) is 0 Å². The molecular weight excluding hydrogens is 180 g/mol. The van der Waals surface area contributed by atoms with Gasteiger partial charge in [-0.25, -0.2) is 4.98 Å². The van der Waals surface area contributed by atoms with Crippen molar-refractivity contribution in [2.24, 2.45) is 0 Å². The lowest BCUT2D eigenvalue weighted by atomic mass is 10.0. The molecule has 0 amide bonds. The quantitative estimate of drug-likeness (QED) is 0.728. The van der Waals surface area contributed by atoms with E-state index in [9.17, 15) is 4.79 Å². The van der Waals surface area contributed by atoms with Gasteiger partial charge in [-0.3, -0.25) is 4.79 Å². The van der Waals surface area contributed by atoms with E-state index in [4.69, 9.17) is 4.74 Å². The predicted molar refractivity (Wildman–Crippen MR) is 52.1 cm³/mol. The van der Waals surface area contributed by atoms with E-state index in [0.717, 1.165) is 17.9 Å². The molecule has 1 aromatic rings. The fourth-order valence-electron chi connectivity index (χ4n) is 1.79. The Morgan fingerprint density at radius 3 is 2.93 bits per heavy atom. The van der Waals surface area contributed by atoms with Crippen LogP contribution in [0.15, 0.2) is 4.79 Å². The number of fused-ring (bicyclic) bond motifs is 1. The molecule has 4 nitrogen and oxygen atoms in total. The smallest absolute Gasteiger partial charge is 0.257 e. The van der Waals surface area contributed by atoms with Crippen molar-refractivity contribution in [1.29, 1.82) is 0 Å². The largest absolute Gasteiger partial charge is 0.364 e. The summed E-state index contributed by atoms with van der Waals surface area (Å²) in [5.74, 6) is 0.732. The normalized spacial score (nSPS) is 18.2. The molecule has 0 bridgehead atoms. The lowest BCUT2D eigenvalue weighted by molar-refractivity contribution is -0.00901. The predicted octanol–water partition coefficient (Wildman–Crippen LogP) is 1.10. The van der Waals surface area contributed by atoms with E-state index in [1.54, 1.807) is 0 Å². The Hall–Kier alpha value is -1.16. The molecular formula is C10H14N2O2. The number of hydrogen-bond donors (Lipinski definition) is 1. The Balaban J connectivity index is 2.64. The van der Waals surface area contributed by atoms with Crippen LogP contribution in [0.4, 0.5) is 0 Å². The van der Waals surface area contributed by atoms with Crippen molar-refractivity contribution >= 4 is 0 Å². The maximum atomic E-state index is 11.7. The molecule has 1 aromatic heterocycles. The number of nitrogens with zero attached hydrogens (tertiary/aromatic N) is 1. The van der Waals surface area contributed by atoms with Gasteiger partial charge in [-0.05, 0) is 13.8 Å². The molecule has 0 aliphatic carbocycles. The second-order valence-electron chi connectivity index (χ2n) is 3.99. The molecule has 0 atom stereocenters. The van der Waals surface area contributed by atoms with Gasteiger partial charge in [0.15, 0.2) is 0 Å². The molecule has 1 N–H and O–H groups in total.